The summed E-state index contributed by atoms with van der Waals surface area (Å²) in [6.45, 7) is 2.27. The first kappa shape index (κ1) is 15.5. The van der Waals surface area contributed by atoms with Crippen LogP contribution in [-0.2, 0) is 12.8 Å². The predicted molar refractivity (Wildman–Crippen MR) is 98.8 cm³/mol. The third kappa shape index (κ3) is 2.99. The van der Waals surface area contributed by atoms with E-state index in [1.807, 2.05) is 29.0 Å². The highest BCUT2D eigenvalue weighted by Crippen LogP contribution is 2.33. The molecule has 1 atom stereocenters. The van der Waals surface area contributed by atoms with E-state index in [9.17, 15) is 4.79 Å². The number of fused-ring (bicyclic) bond motifs is 1. The van der Waals surface area contributed by atoms with Crippen LogP contribution in [0.4, 0.5) is 5.13 Å². The largest absolute Gasteiger partial charge is 0.298 e. The van der Waals surface area contributed by atoms with Crippen molar-refractivity contribution in [2.24, 2.45) is 5.92 Å². The Morgan fingerprint density at radius 1 is 1.25 bits per heavy atom. The van der Waals surface area contributed by atoms with Crippen molar-refractivity contribution in [1.82, 2.24) is 9.97 Å². The molecule has 3 aromatic heterocycles. The van der Waals surface area contributed by atoms with Crippen LogP contribution >= 0.6 is 22.7 Å². The summed E-state index contributed by atoms with van der Waals surface area (Å²) in [5.74, 6) is 0.663. The highest BCUT2D eigenvalue weighted by atomic mass is 32.1. The second-order valence-corrected chi connectivity index (χ2v) is 7.93. The van der Waals surface area contributed by atoms with Crippen LogP contribution in [0, 0.1) is 5.92 Å². The Morgan fingerprint density at radius 3 is 3.00 bits per heavy atom. The molecule has 1 amide bonds. The molecule has 0 saturated carbocycles. The van der Waals surface area contributed by atoms with Crippen molar-refractivity contribution in [3.8, 4) is 11.4 Å². The number of thiophene rings is 1. The highest BCUT2D eigenvalue weighted by molar-refractivity contribution is 7.14. The molecule has 3 aromatic rings. The molecule has 0 saturated heterocycles. The molecular formula is C18H17N3OS2. The van der Waals surface area contributed by atoms with E-state index in [1.54, 1.807) is 17.5 Å². The Bertz CT molecular complexity index is 870. The quantitative estimate of drug-likeness (QED) is 0.744. The topological polar surface area (TPSA) is 54.9 Å². The fraction of sp³-hybridized carbons (Fsp3) is 0.278. The Balaban J connectivity index is 1.52. The van der Waals surface area contributed by atoms with E-state index in [4.69, 9.17) is 0 Å². The summed E-state index contributed by atoms with van der Waals surface area (Å²) in [4.78, 5) is 22.8. The second-order valence-electron chi connectivity index (χ2n) is 6.11. The van der Waals surface area contributed by atoms with Gasteiger partial charge < -0.3 is 0 Å². The normalized spacial score (nSPS) is 16.6. The molecule has 4 rings (SSSR count). The lowest BCUT2D eigenvalue weighted by Crippen LogP contribution is -2.16. The number of anilines is 1. The van der Waals surface area contributed by atoms with Crippen LogP contribution in [0.25, 0.3) is 11.4 Å². The van der Waals surface area contributed by atoms with Crippen molar-refractivity contribution >= 4 is 33.7 Å². The van der Waals surface area contributed by atoms with Crippen molar-refractivity contribution in [1.29, 1.82) is 0 Å². The monoisotopic (exact) mass is 355 g/mol. The number of hydrogen-bond acceptors (Lipinski definition) is 5. The molecular weight excluding hydrogens is 338 g/mol. The predicted octanol–water partition coefficient (Wildman–Crippen LogP) is 4.64. The molecule has 3 heterocycles. The van der Waals surface area contributed by atoms with Gasteiger partial charge in [-0.3, -0.25) is 15.1 Å². The maximum Gasteiger partial charge on any atom is 0.258 e. The van der Waals surface area contributed by atoms with E-state index < -0.39 is 0 Å². The first-order valence-electron chi connectivity index (χ1n) is 7.98. The molecule has 1 unspecified atom stereocenters. The van der Waals surface area contributed by atoms with Gasteiger partial charge in [-0.1, -0.05) is 13.0 Å². The lowest BCUT2D eigenvalue weighted by molar-refractivity contribution is 0.102. The molecule has 24 heavy (non-hydrogen) atoms. The van der Waals surface area contributed by atoms with E-state index in [0.717, 1.165) is 36.2 Å². The second kappa shape index (κ2) is 6.45. The van der Waals surface area contributed by atoms with Crippen LogP contribution < -0.4 is 5.32 Å². The summed E-state index contributed by atoms with van der Waals surface area (Å²) in [6, 6.07) is 5.72. The van der Waals surface area contributed by atoms with E-state index in [2.05, 4.69) is 22.2 Å². The molecule has 0 radical (unpaired) electrons. The number of aromatic nitrogens is 2. The molecule has 6 heteroatoms. The molecule has 4 nitrogen and oxygen atoms in total. The van der Waals surface area contributed by atoms with Crippen LogP contribution in [0.3, 0.4) is 0 Å². The number of rotatable bonds is 3. The van der Waals surface area contributed by atoms with Gasteiger partial charge in [-0.2, -0.15) is 0 Å². The van der Waals surface area contributed by atoms with Crippen molar-refractivity contribution in [3.05, 3.63) is 51.2 Å². The molecule has 1 aliphatic rings. The summed E-state index contributed by atoms with van der Waals surface area (Å²) < 4.78 is 0. The van der Waals surface area contributed by atoms with E-state index in [1.165, 1.54) is 21.8 Å². The lowest BCUT2D eigenvalue weighted by Gasteiger charge is -2.18. The van der Waals surface area contributed by atoms with Gasteiger partial charge in [0.25, 0.3) is 5.91 Å². The van der Waals surface area contributed by atoms with Gasteiger partial charge in [0.15, 0.2) is 5.13 Å². The number of pyridine rings is 1. The van der Waals surface area contributed by atoms with Gasteiger partial charge in [-0.25, -0.2) is 4.98 Å². The van der Waals surface area contributed by atoms with Crippen molar-refractivity contribution in [2.45, 2.75) is 26.2 Å². The lowest BCUT2D eigenvalue weighted by atomic mass is 9.88. The number of amides is 1. The third-order valence-electron chi connectivity index (χ3n) is 4.30. The van der Waals surface area contributed by atoms with Crippen LogP contribution in [0.15, 0.2) is 35.2 Å². The van der Waals surface area contributed by atoms with Crippen molar-refractivity contribution < 1.29 is 4.79 Å². The van der Waals surface area contributed by atoms with Gasteiger partial charge >= 0.3 is 0 Å². The van der Waals surface area contributed by atoms with Crippen molar-refractivity contribution in [2.75, 3.05) is 5.32 Å². The third-order valence-corrected chi connectivity index (χ3v) is 6.11. The molecule has 0 aliphatic heterocycles. The fourth-order valence-electron chi connectivity index (χ4n) is 3.00. The Labute approximate surface area is 148 Å². The molecule has 0 spiro atoms. The molecule has 0 fully saturated rings. The molecule has 0 aromatic carbocycles. The summed E-state index contributed by atoms with van der Waals surface area (Å²) in [6.07, 6.45) is 4.99. The molecule has 0 bridgehead atoms. The molecule has 1 aliphatic carbocycles. The maximum absolute atomic E-state index is 12.6. The Kier molecular flexibility index (Phi) is 4.16. The number of carbonyl (C=O) groups is 1. The number of nitrogens with zero attached hydrogens (tertiary/aromatic N) is 2. The Morgan fingerprint density at radius 2 is 2.17 bits per heavy atom. The minimum absolute atomic E-state index is 0.0519. The number of nitrogens with one attached hydrogen (secondary N) is 1. The summed E-state index contributed by atoms with van der Waals surface area (Å²) in [5, 5.41) is 7.47. The Hall–Kier alpha value is -2.05. The van der Waals surface area contributed by atoms with Crippen LogP contribution in [-0.4, -0.2) is 15.9 Å². The summed E-state index contributed by atoms with van der Waals surface area (Å²) in [7, 11) is 0. The van der Waals surface area contributed by atoms with Crippen LogP contribution in [0.1, 0.15) is 34.1 Å². The number of carbonyl (C=O) groups excluding carboxylic acids is 1. The van der Waals surface area contributed by atoms with E-state index in [-0.39, 0.29) is 5.91 Å². The minimum Gasteiger partial charge on any atom is -0.298 e. The number of hydrogen-bond donors (Lipinski definition) is 1. The SMILES string of the molecule is CC1CCc2c(C(=O)Nc3nc(-c4ccccn4)cs3)csc2C1. The van der Waals surface area contributed by atoms with Gasteiger partial charge in [0.05, 0.1) is 11.3 Å². The zero-order valence-electron chi connectivity index (χ0n) is 13.3. The van der Waals surface area contributed by atoms with E-state index >= 15 is 0 Å². The number of thiazole rings is 1. The smallest absolute Gasteiger partial charge is 0.258 e. The average Bonchev–Trinajstić information content (AvgIpc) is 3.22. The highest BCUT2D eigenvalue weighted by Gasteiger charge is 2.23. The standard InChI is InChI=1S/C18H17N3OS2/c1-11-5-6-12-13(9-23-16(12)8-11)17(22)21-18-20-15(10-24-18)14-4-2-3-7-19-14/h2-4,7,9-11H,5-6,8H2,1H3,(H,20,21,22). The molecule has 122 valence electrons. The first-order chi connectivity index (χ1) is 11.7. The summed E-state index contributed by atoms with van der Waals surface area (Å²) in [5.41, 5.74) is 3.65. The van der Waals surface area contributed by atoms with Crippen LogP contribution in [0.2, 0.25) is 0 Å². The van der Waals surface area contributed by atoms with Crippen molar-refractivity contribution in [3.63, 3.8) is 0 Å². The maximum atomic E-state index is 12.6. The van der Waals surface area contributed by atoms with Gasteiger partial charge in [-0.05, 0) is 42.9 Å². The van der Waals surface area contributed by atoms with Crippen LogP contribution in [0.5, 0.6) is 0 Å². The van der Waals surface area contributed by atoms with Gasteiger partial charge in [-0.15, -0.1) is 22.7 Å². The fourth-order valence-corrected chi connectivity index (χ4v) is 4.94. The van der Waals surface area contributed by atoms with Gasteiger partial charge in [0.1, 0.15) is 5.69 Å². The summed E-state index contributed by atoms with van der Waals surface area (Å²) >= 11 is 3.14. The van der Waals surface area contributed by atoms with Gasteiger partial charge in [0.2, 0.25) is 0 Å². The first-order valence-corrected chi connectivity index (χ1v) is 9.74. The zero-order valence-corrected chi connectivity index (χ0v) is 14.9. The minimum atomic E-state index is -0.0519. The average molecular weight is 355 g/mol. The molecule has 1 N–H and O–H groups in total. The van der Waals surface area contributed by atoms with Gasteiger partial charge in [0, 0.05) is 21.8 Å². The zero-order chi connectivity index (χ0) is 16.5. The van der Waals surface area contributed by atoms with E-state index in [0.29, 0.717) is 11.0 Å².